The van der Waals surface area contributed by atoms with Gasteiger partial charge in [-0.15, -0.1) is 0 Å². The van der Waals surface area contributed by atoms with Crippen LogP contribution in [-0.4, -0.2) is 64.6 Å². The number of β-amino-alcohol motifs (C(OH)–C–C–N with tert-alkyl or cyclic N) is 1. The fourth-order valence-electron chi connectivity index (χ4n) is 3.24. The lowest BCUT2D eigenvalue weighted by Crippen LogP contribution is -2.50. The molecule has 25 heavy (non-hydrogen) atoms. The van der Waals surface area contributed by atoms with Crippen LogP contribution in [0.25, 0.3) is 10.9 Å². The van der Waals surface area contributed by atoms with Crippen LogP contribution in [0.15, 0.2) is 24.3 Å². The standard InChI is InChI=1S/C19H24FN3O2/c1-3-15(24)12-22-6-8-23(9-7-22)19(25)17-10-13(2)21-18-11-14(20)4-5-16(17)18/h4-5,10-11,15,24H,3,6-9,12H2,1-2H3. The van der Waals surface area contributed by atoms with E-state index in [1.54, 1.807) is 12.1 Å². The maximum absolute atomic E-state index is 13.5. The average molecular weight is 345 g/mol. The number of aliphatic hydroxyl groups excluding tert-OH is 1. The first-order valence-electron chi connectivity index (χ1n) is 8.74. The minimum absolute atomic E-state index is 0.0437. The van der Waals surface area contributed by atoms with Crippen LogP contribution in [0, 0.1) is 12.7 Å². The number of benzene rings is 1. The second-order valence-electron chi connectivity index (χ2n) is 6.63. The van der Waals surface area contributed by atoms with Gasteiger partial charge in [0.1, 0.15) is 5.82 Å². The van der Waals surface area contributed by atoms with E-state index in [-0.39, 0.29) is 17.8 Å². The Bertz CT molecular complexity index is 767. The number of hydrogen-bond acceptors (Lipinski definition) is 4. The Hall–Kier alpha value is -2.05. The van der Waals surface area contributed by atoms with Gasteiger partial charge in [-0.2, -0.15) is 0 Å². The molecule has 0 bridgehead atoms. The molecule has 2 aromatic rings. The zero-order chi connectivity index (χ0) is 18.0. The number of carbonyl (C=O) groups excluding carboxylic acids is 1. The van der Waals surface area contributed by atoms with E-state index in [2.05, 4.69) is 9.88 Å². The van der Waals surface area contributed by atoms with Crippen molar-refractivity contribution in [1.82, 2.24) is 14.8 Å². The molecule has 134 valence electrons. The van der Waals surface area contributed by atoms with Gasteiger partial charge in [-0.25, -0.2) is 4.39 Å². The SMILES string of the molecule is CCC(O)CN1CCN(C(=O)c2cc(C)nc3cc(F)ccc23)CC1. The Balaban J connectivity index is 1.77. The monoisotopic (exact) mass is 345 g/mol. The molecule has 3 rings (SSSR count). The third kappa shape index (κ3) is 3.96. The number of hydrogen-bond donors (Lipinski definition) is 1. The van der Waals surface area contributed by atoms with Gasteiger partial charge in [0, 0.05) is 49.9 Å². The molecule has 1 N–H and O–H groups in total. The van der Waals surface area contributed by atoms with Crippen LogP contribution < -0.4 is 0 Å². The van der Waals surface area contributed by atoms with Gasteiger partial charge in [0.25, 0.3) is 5.91 Å². The van der Waals surface area contributed by atoms with Crippen molar-refractivity contribution >= 4 is 16.8 Å². The second kappa shape index (κ2) is 7.45. The molecule has 1 atom stereocenters. The van der Waals surface area contributed by atoms with E-state index >= 15 is 0 Å². The highest BCUT2D eigenvalue weighted by atomic mass is 19.1. The maximum Gasteiger partial charge on any atom is 0.254 e. The molecular weight excluding hydrogens is 321 g/mol. The van der Waals surface area contributed by atoms with Crippen molar-refractivity contribution < 1.29 is 14.3 Å². The number of piperazine rings is 1. The first kappa shape index (κ1) is 17.8. The molecule has 1 aromatic heterocycles. The number of carbonyl (C=O) groups is 1. The quantitative estimate of drug-likeness (QED) is 0.923. The number of aryl methyl sites for hydroxylation is 1. The molecule has 1 unspecified atom stereocenters. The fraction of sp³-hybridized carbons (Fsp3) is 0.474. The van der Waals surface area contributed by atoms with Crippen LogP contribution in [0.5, 0.6) is 0 Å². The molecular formula is C19H24FN3O2. The van der Waals surface area contributed by atoms with Crippen LogP contribution >= 0.6 is 0 Å². The van der Waals surface area contributed by atoms with Gasteiger partial charge in [-0.3, -0.25) is 14.7 Å². The summed E-state index contributed by atoms with van der Waals surface area (Å²) in [6, 6.07) is 6.12. The van der Waals surface area contributed by atoms with E-state index in [4.69, 9.17) is 0 Å². The number of nitrogens with zero attached hydrogens (tertiary/aromatic N) is 3. The van der Waals surface area contributed by atoms with Crippen molar-refractivity contribution in [3.63, 3.8) is 0 Å². The number of pyridine rings is 1. The van der Waals surface area contributed by atoms with Gasteiger partial charge in [-0.05, 0) is 31.5 Å². The second-order valence-corrected chi connectivity index (χ2v) is 6.63. The largest absolute Gasteiger partial charge is 0.392 e. The summed E-state index contributed by atoms with van der Waals surface area (Å²) in [6.45, 7) is 7.17. The lowest BCUT2D eigenvalue weighted by molar-refractivity contribution is 0.0525. The summed E-state index contributed by atoms with van der Waals surface area (Å²) in [7, 11) is 0. The Labute approximate surface area is 147 Å². The van der Waals surface area contributed by atoms with E-state index < -0.39 is 0 Å². The minimum atomic E-state index is -0.355. The molecule has 0 aliphatic carbocycles. The van der Waals surface area contributed by atoms with Crippen LogP contribution in [-0.2, 0) is 0 Å². The fourth-order valence-corrected chi connectivity index (χ4v) is 3.24. The first-order chi connectivity index (χ1) is 12.0. The van der Waals surface area contributed by atoms with Crippen LogP contribution in [0.3, 0.4) is 0 Å². The smallest absolute Gasteiger partial charge is 0.254 e. The van der Waals surface area contributed by atoms with E-state index in [1.807, 2.05) is 18.7 Å². The van der Waals surface area contributed by atoms with Crippen LogP contribution in [0.2, 0.25) is 0 Å². The molecule has 1 amide bonds. The molecule has 1 aromatic carbocycles. The molecule has 1 saturated heterocycles. The molecule has 5 nitrogen and oxygen atoms in total. The topological polar surface area (TPSA) is 56.7 Å². The van der Waals surface area contributed by atoms with Gasteiger partial charge < -0.3 is 10.0 Å². The number of rotatable bonds is 4. The maximum atomic E-state index is 13.5. The first-order valence-corrected chi connectivity index (χ1v) is 8.74. The number of aliphatic hydroxyl groups is 1. The van der Waals surface area contributed by atoms with Gasteiger partial charge in [-0.1, -0.05) is 6.92 Å². The van der Waals surface area contributed by atoms with Gasteiger partial charge in [0.15, 0.2) is 0 Å². The lowest BCUT2D eigenvalue weighted by atomic mass is 10.1. The summed E-state index contributed by atoms with van der Waals surface area (Å²) in [5.74, 6) is -0.398. The molecule has 6 heteroatoms. The summed E-state index contributed by atoms with van der Waals surface area (Å²) in [5.41, 5.74) is 1.78. The Morgan fingerprint density at radius 1 is 1.28 bits per heavy atom. The highest BCUT2D eigenvalue weighted by Crippen LogP contribution is 2.21. The minimum Gasteiger partial charge on any atom is -0.392 e. The van der Waals surface area contributed by atoms with Crippen LogP contribution in [0.4, 0.5) is 4.39 Å². The molecule has 1 fully saturated rings. The average Bonchev–Trinajstić information content (AvgIpc) is 2.60. The van der Waals surface area contributed by atoms with Crippen molar-refractivity contribution in [3.05, 3.63) is 41.3 Å². The molecule has 0 spiro atoms. The summed E-state index contributed by atoms with van der Waals surface area (Å²) < 4.78 is 13.5. The van der Waals surface area contributed by atoms with E-state index in [0.29, 0.717) is 41.8 Å². The van der Waals surface area contributed by atoms with Crippen molar-refractivity contribution in [2.75, 3.05) is 32.7 Å². The number of fused-ring (bicyclic) bond motifs is 1. The Morgan fingerprint density at radius 3 is 2.68 bits per heavy atom. The zero-order valence-electron chi connectivity index (χ0n) is 14.7. The van der Waals surface area contributed by atoms with E-state index in [1.165, 1.54) is 12.1 Å². The molecule has 0 radical (unpaired) electrons. The van der Waals surface area contributed by atoms with Crippen molar-refractivity contribution in [2.24, 2.45) is 0 Å². The van der Waals surface area contributed by atoms with Gasteiger partial charge in [0.05, 0.1) is 17.2 Å². The zero-order valence-corrected chi connectivity index (χ0v) is 14.7. The molecule has 2 heterocycles. The molecule has 1 aliphatic rings. The Kier molecular flexibility index (Phi) is 5.30. The highest BCUT2D eigenvalue weighted by molar-refractivity contribution is 6.06. The number of halogens is 1. The van der Waals surface area contributed by atoms with Gasteiger partial charge >= 0.3 is 0 Å². The van der Waals surface area contributed by atoms with E-state index in [0.717, 1.165) is 19.5 Å². The van der Waals surface area contributed by atoms with Gasteiger partial charge in [0.2, 0.25) is 0 Å². The van der Waals surface area contributed by atoms with Crippen molar-refractivity contribution in [3.8, 4) is 0 Å². The number of amides is 1. The lowest BCUT2D eigenvalue weighted by Gasteiger charge is -2.35. The highest BCUT2D eigenvalue weighted by Gasteiger charge is 2.24. The van der Waals surface area contributed by atoms with E-state index in [9.17, 15) is 14.3 Å². The third-order valence-electron chi connectivity index (χ3n) is 4.73. The summed E-state index contributed by atoms with van der Waals surface area (Å²) >= 11 is 0. The third-order valence-corrected chi connectivity index (χ3v) is 4.73. The molecule has 0 saturated carbocycles. The summed E-state index contributed by atoms with van der Waals surface area (Å²) in [5, 5.41) is 10.5. The predicted octanol–water partition coefficient (Wildman–Crippen LogP) is 2.21. The number of aromatic nitrogens is 1. The van der Waals surface area contributed by atoms with Crippen molar-refractivity contribution in [2.45, 2.75) is 26.4 Å². The summed E-state index contributed by atoms with van der Waals surface area (Å²) in [4.78, 5) is 21.3. The summed E-state index contributed by atoms with van der Waals surface area (Å²) in [6.07, 6.45) is 0.418. The Morgan fingerprint density at radius 2 is 2.00 bits per heavy atom. The van der Waals surface area contributed by atoms with Crippen LogP contribution in [0.1, 0.15) is 29.4 Å². The molecule has 1 aliphatic heterocycles. The van der Waals surface area contributed by atoms with Crippen molar-refractivity contribution in [1.29, 1.82) is 0 Å². The predicted molar refractivity (Wildman–Crippen MR) is 95.1 cm³/mol. The normalized spacial score (nSPS) is 17.0.